The van der Waals surface area contributed by atoms with E-state index in [0.717, 1.165) is 21.8 Å². The summed E-state index contributed by atoms with van der Waals surface area (Å²) in [6.07, 6.45) is 0.526. The Hall–Kier alpha value is -5.14. The van der Waals surface area contributed by atoms with Crippen molar-refractivity contribution in [3.05, 3.63) is 112 Å². The van der Waals surface area contributed by atoms with Gasteiger partial charge in [-0.05, 0) is 53.9 Å². The van der Waals surface area contributed by atoms with E-state index in [4.69, 9.17) is 19.3 Å². The maximum atomic E-state index is 13.9. The minimum absolute atomic E-state index is 0.0488. The van der Waals surface area contributed by atoms with Crippen LogP contribution in [0.5, 0.6) is 17.2 Å². The highest BCUT2D eigenvalue weighted by Gasteiger charge is 2.36. The number of ether oxygens (including phenoxy) is 3. The molecule has 0 saturated heterocycles. The number of carbonyl (C=O) groups excluding carboxylic acids is 2. The van der Waals surface area contributed by atoms with Crippen LogP contribution in [0.3, 0.4) is 0 Å². The first kappa shape index (κ1) is 31.8. The van der Waals surface area contributed by atoms with Crippen LogP contribution in [0.2, 0.25) is 0 Å². The molecule has 47 heavy (non-hydrogen) atoms. The monoisotopic (exact) mass is 668 g/mol. The molecule has 0 fully saturated rings. The van der Waals surface area contributed by atoms with Gasteiger partial charge in [-0.15, -0.1) is 21.5 Å². The number of thioether (sulfide) groups is 1. The Kier molecular flexibility index (Phi) is 9.83. The Balaban J connectivity index is 1.24. The maximum absolute atomic E-state index is 13.9. The first-order chi connectivity index (χ1) is 23.0. The molecule has 1 aliphatic rings. The molecule has 0 aliphatic carbocycles. The molecule has 2 amide bonds. The van der Waals surface area contributed by atoms with Crippen molar-refractivity contribution in [2.45, 2.75) is 24.2 Å². The average Bonchev–Trinajstić information content (AvgIpc) is 3.90. The molecular weight excluding hydrogens is 637 g/mol. The van der Waals surface area contributed by atoms with Crippen molar-refractivity contribution in [3.63, 3.8) is 0 Å². The lowest BCUT2D eigenvalue weighted by molar-refractivity contribution is -0.130. The van der Waals surface area contributed by atoms with Crippen LogP contribution in [0.1, 0.15) is 39.1 Å². The van der Waals surface area contributed by atoms with Gasteiger partial charge in [0.15, 0.2) is 22.5 Å². The van der Waals surface area contributed by atoms with Gasteiger partial charge in [-0.3, -0.25) is 14.2 Å². The number of nitrogens with one attached hydrogen (secondary N) is 1. The van der Waals surface area contributed by atoms with Gasteiger partial charge in [-0.25, -0.2) is 5.01 Å². The van der Waals surface area contributed by atoms with Crippen molar-refractivity contribution < 1.29 is 23.8 Å². The summed E-state index contributed by atoms with van der Waals surface area (Å²) in [5, 5.41) is 20.6. The summed E-state index contributed by atoms with van der Waals surface area (Å²) in [7, 11) is 4.75. The predicted octanol–water partition coefficient (Wildman–Crippen LogP) is 5.75. The van der Waals surface area contributed by atoms with E-state index in [1.54, 1.807) is 61.9 Å². The number of carbonyl (C=O) groups is 2. The number of aromatic nitrogens is 3. The van der Waals surface area contributed by atoms with Crippen molar-refractivity contribution in [2.75, 3.05) is 27.1 Å². The molecule has 0 spiro atoms. The Morgan fingerprint density at radius 1 is 0.915 bits per heavy atom. The molecule has 0 unspecified atom stereocenters. The fraction of sp³-hybridized carbons (Fsp3) is 0.206. The van der Waals surface area contributed by atoms with Gasteiger partial charge in [0.05, 0.1) is 50.3 Å². The summed E-state index contributed by atoms with van der Waals surface area (Å²) in [5.41, 5.74) is 2.94. The SMILES string of the molecule is COc1ccc(C(=O)NCc2nnc(SCC(=O)N3N=C(c4cccs4)C[C@H]3c3cccc(OC)c3OC)n2-c2ccccc2)cc1. The second-order valence-electron chi connectivity index (χ2n) is 10.3. The number of thiophene rings is 1. The molecule has 240 valence electrons. The van der Waals surface area contributed by atoms with E-state index in [1.807, 2.05) is 70.6 Å². The van der Waals surface area contributed by atoms with E-state index in [-0.39, 0.29) is 30.2 Å². The number of para-hydroxylation sites is 2. The number of hydrogen-bond acceptors (Lipinski definition) is 10. The largest absolute Gasteiger partial charge is 0.497 e. The molecule has 0 saturated carbocycles. The van der Waals surface area contributed by atoms with E-state index in [0.29, 0.717) is 40.2 Å². The number of methoxy groups -OCH3 is 3. The zero-order valence-electron chi connectivity index (χ0n) is 26.0. The highest BCUT2D eigenvalue weighted by atomic mass is 32.2. The lowest BCUT2D eigenvalue weighted by Crippen LogP contribution is -2.29. The van der Waals surface area contributed by atoms with Crippen molar-refractivity contribution in [2.24, 2.45) is 5.10 Å². The van der Waals surface area contributed by atoms with Crippen LogP contribution < -0.4 is 19.5 Å². The summed E-state index contributed by atoms with van der Waals surface area (Å²) in [6, 6.07) is 25.7. The number of rotatable bonds is 12. The number of amides is 2. The molecule has 1 aliphatic heterocycles. The van der Waals surface area contributed by atoms with E-state index in [2.05, 4.69) is 15.5 Å². The molecule has 2 aromatic heterocycles. The number of hydrazone groups is 1. The second kappa shape index (κ2) is 14.5. The van der Waals surface area contributed by atoms with Crippen molar-refractivity contribution in [1.29, 1.82) is 0 Å². The van der Waals surface area contributed by atoms with Gasteiger partial charge in [0.1, 0.15) is 5.75 Å². The summed E-state index contributed by atoms with van der Waals surface area (Å²) in [4.78, 5) is 27.8. The Bertz CT molecular complexity index is 1880. The van der Waals surface area contributed by atoms with Crippen molar-refractivity contribution in [1.82, 2.24) is 25.1 Å². The summed E-state index contributed by atoms with van der Waals surface area (Å²) >= 11 is 2.84. The average molecular weight is 669 g/mol. The van der Waals surface area contributed by atoms with E-state index in [9.17, 15) is 9.59 Å². The lowest BCUT2D eigenvalue weighted by atomic mass is 9.99. The minimum Gasteiger partial charge on any atom is -0.497 e. The molecular formula is C34H32N6O5S2. The molecule has 3 heterocycles. The number of nitrogens with zero attached hydrogens (tertiary/aromatic N) is 5. The van der Waals surface area contributed by atoms with Crippen LogP contribution >= 0.6 is 23.1 Å². The van der Waals surface area contributed by atoms with E-state index >= 15 is 0 Å². The molecule has 3 aromatic carbocycles. The van der Waals surface area contributed by atoms with Gasteiger partial charge >= 0.3 is 0 Å². The smallest absolute Gasteiger partial charge is 0.253 e. The molecule has 11 nitrogen and oxygen atoms in total. The van der Waals surface area contributed by atoms with Gasteiger partial charge < -0.3 is 19.5 Å². The zero-order chi connectivity index (χ0) is 32.8. The first-order valence-corrected chi connectivity index (χ1v) is 16.6. The van der Waals surface area contributed by atoms with Crippen LogP contribution in [0.25, 0.3) is 5.69 Å². The van der Waals surface area contributed by atoms with Crippen LogP contribution in [0.4, 0.5) is 0 Å². The van der Waals surface area contributed by atoms with Gasteiger partial charge in [-0.2, -0.15) is 5.10 Å². The predicted molar refractivity (Wildman–Crippen MR) is 181 cm³/mol. The third-order valence-corrected chi connectivity index (χ3v) is 9.40. The van der Waals surface area contributed by atoms with Crippen molar-refractivity contribution >= 4 is 40.6 Å². The highest BCUT2D eigenvalue weighted by molar-refractivity contribution is 7.99. The maximum Gasteiger partial charge on any atom is 0.253 e. The van der Waals surface area contributed by atoms with Crippen LogP contribution in [0.15, 0.2) is 101 Å². The van der Waals surface area contributed by atoms with Gasteiger partial charge in [0, 0.05) is 23.2 Å². The molecule has 1 atom stereocenters. The molecule has 1 N–H and O–H groups in total. The number of hydrogen-bond donors (Lipinski definition) is 1. The second-order valence-corrected chi connectivity index (χ2v) is 12.2. The third kappa shape index (κ3) is 6.86. The quantitative estimate of drug-likeness (QED) is 0.167. The molecule has 13 heteroatoms. The summed E-state index contributed by atoms with van der Waals surface area (Å²) in [5.74, 6) is 1.93. The Labute approximate surface area is 280 Å². The summed E-state index contributed by atoms with van der Waals surface area (Å²) < 4.78 is 18.3. The fourth-order valence-corrected chi connectivity index (χ4v) is 6.83. The third-order valence-electron chi connectivity index (χ3n) is 7.56. The topological polar surface area (TPSA) is 120 Å². The Morgan fingerprint density at radius 2 is 1.72 bits per heavy atom. The highest BCUT2D eigenvalue weighted by Crippen LogP contribution is 2.42. The molecule has 6 rings (SSSR count). The van der Waals surface area contributed by atoms with Crippen LogP contribution in [-0.2, 0) is 11.3 Å². The van der Waals surface area contributed by atoms with E-state index < -0.39 is 0 Å². The Morgan fingerprint density at radius 3 is 2.43 bits per heavy atom. The fourth-order valence-electron chi connectivity index (χ4n) is 5.29. The molecule has 5 aromatic rings. The summed E-state index contributed by atoms with van der Waals surface area (Å²) in [6.45, 7) is 0.125. The normalized spacial score (nSPS) is 14.1. The van der Waals surface area contributed by atoms with Gasteiger partial charge in [0.2, 0.25) is 0 Å². The van der Waals surface area contributed by atoms with Crippen molar-refractivity contribution in [3.8, 4) is 22.9 Å². The van der Waals surface area contributed by atoms with Gasteiger partial charge in [-0.1, -0.05) is 48.2 Å². The minimum atomic E-state index is -0.388. The standard InChI is InChI=1S/C34H32N6O5S2/c1-43-24-16-14-22(15-17-24)33(42)35-20-30-36-37-34(39(30)23-9-5-4-6-10-23)47-21-31(41)40-27(19-26(38-40)29-13-8-18-46-29)25-11-7-12-28(44-2)32(25)45-3/h4-18,27H,19-21H2,1-3H3,(H,35,42)/t27-/m0/s1. The van der Waals surface area contributed by atoms with Crippen LogP contribution in [0, 0.1) is 0 Å². The van der Waals surface area contributed by atoms with E-state index in [1.165, 1.54) is 11.8 Å². The van der Waals surface area contributed by atoms with Crippen LogP contribution in [-0.4, -0.2) is 64.4 Å². The molecule has 0 bridgehead atoms. The zero-order valence-corrected chi connectivity index (χ0v) is 27.6. The molecule has 0 radical (unpaired) electrons. The number of benzene rings is 3. The van der Waals surface area contributed by atoms with Gasteiger partial charge in [0.25, 0.3) is 11.8 Å². The lowest BCUT2D eigenvalue weighted by Gasteiger charge is -2.24. The first-order valence-electron chi connectivity index (χ1n) is 14.7.